The molecule has 0 aromatic rings. The number of carbonyl (C=O) groups is 1. The van der Waals surface area contributed by atoms with Gasteiger partial charge in [-0.1, -0.05) is 0 Å². The first-order valence-corrected chi connectivity index (χ1v) is 7.43. The molecule has 0 radical (unpaired) electrons. The van der Waals surface area contributed by atoms with Gasteiger partial charge in [0.1, 0.15) is 0 Å². The van der Waals surface area contributed by atoms with E-state index in [1.165, 1.54) is 12.8 Å². The molecule has 0 N–H and O–H groups in total. The lowest BCUT2D eigenvalue weighted by Gasteiger charge is -2.26. The van der Waals surface area contributed by atoms with Crippen molar-refractivity contribution in [3.8, 4) is 0 Å². The Morgan fingerprint density at radius 1 is 1.60 bits per heavy atom. The van der Waals surface area contributed by atoms with Crippen LogP contribution >= 0.6 is 24.4 Å². The van der Waals surface area contributed by atoms with Gasteiger partial charge >= 0.3 is 0 Å². The van der Waals surface area contributed by atoms with Crippen LogP contribution in [0.1, 0.15) is 26.2 Å². The van der Waals surface area contributed by atoms with Gasteiger partial charge in [-0.15, -0.1) is 0 Å². The molecule has 1 rings (SSSR count). The Morgan fingerprint density at radius 3 is 2.60 bits per heavy atom. The van der Waals surface area contributed by atoms with Gasteiger partial charge < -0.3 is 4.90 Å². The summed E-state index contributed by atoms with van der Waals surface area (Å²) in [5.74, 6) is 2.14. The van der Waals surface area contributed by atoms with Crippen molar-refractivity contribution in [2.75, 3.05) is 24.8 Å². The van der Waals surface area contributed by atoms with Crippen LogP contribution in [-0.4, -0.2) is 41.7 Å². The highest BCUT2D eigenvalue weighted by molar-refractivity contribution is 7.98. The first-order chi connectivity index (χ1) is 7.04. The predicted molar refractivity (Wildman–Crippen MR) is 70.8 cm³/mol. The zero-order valence-electron chi connectivity index (χ0n) is 9.82. The highest BCUT2D eigenvalue weighted by Crippen LogP contribution is 2.49. The van der Waals surface area contributed by atoms with Crippen molar-refractivity contribution in [2.45, 2.75) is 32.2 Å². The van der Waals surface area contributed by atoms with Gasteiger partial charge in [-0.05, 0) is 37.2 Å². The average molecular weight is 247 g/mol. The summed E-state index contributed by atoms with van der Waals surface area (Å²) in [5, 5.41) is 0. The van der Waals surface area contributed by atoms with Crippen molar-refractivity contribution in [3.05, 3.63) is 0 Å². The number of hydrogen-bond donors (Lipinski definition) is 1. The fourth-order valence-electron chi connectivity index (χ4n) is 1.61. The number of carbonyl (C=O) groups excluding carboxylic acids is 1. The standard InChI is InChI=1S/C11H21NOS2/c1-9(7-15-3)12(2)10(13)6-11(8-14)4-5-11/h9,14H,4-8H2,1-3H3. The number of nitrogens with zero attached hydrogens (tertiary/aromatic N) is 1. The highest BCUT2D eigenvalue weighted by atomic mass is 32.2. The van der Waals surface area contributed by atoms with Gasteiger partial charge in [0.2, 0.25) is 5.91 Å². The van der Waals surface area contributed by atoms with Crippen molar-refractivity contribution >= 4 is 30.3 Å². The third-order valence-corrected chi connectivity index (χ3v) is 4.77. The summed E-state index contributed by atoms with van der Waals surface area (Å²) < 4.78 is 0. The fourth-order valence-corrected chi connectivity index (χ4v) is 2.75. The average Bonchev–Trinajstić information content (AvgIpc) is 2.97. The number of thioether (sulfide) groups is 1. The molecular formula is C11H21NOS2. The third kappa shape index (κ3) is 3.59. The number of hydrogen-bond acceptors (Lipinski definition) is 3. The smallest absolute Gasteiger partial charge is 0.223 e. The molecule has 0 saturated heterocycles. The summed E-state index contributed by atoms with van der Waals surface area (Å²) in [6.45, 7) is 2.11. The Bertz CT molecular complexity index is 229. The zero-order chi connectivity index (χ0) is 11.5. The lowest BCUT2D eigenvalue weighted by molar-refractivity contribution is -0.132. The van der Waals surface area contributed by atoms with Gasteiger partial charge in [-0.2, -0.15) is 24.4 Å². The molecule has 0 aliphatic heterocycles. The molecule has 2 nitrogen and oxygen atoms in total. The van der Waals surface area contributed by atoms with Crippen molar-refractivity contribution in [3.63, 3.8) is 0 Å². The number of thiol groups is 1. The summed E-state index contributed by atoms with van der Waals surface area (Å²) in [4.78, 5) is 13.8. The molecule has 15 heavy (non-hydrogen) atoms. The maximum Gasteiger partial charge on any atom is 0.223 e. The first kappa shape index (κ1) is 13.2. The molecule has 4 heteroatoms. The molecular weight excluding hydrogens is 226 g/mol. The Kier molecular flexibility index (Phi) is 4.84. The highest BCUT2D eigenvalue weighted by Gasteiger charge is 2.43. The van der Waals surface area contributed by atoms with Crippen LogP contribution in [0.5, 0.6) is 0 Å². The summed E-state index contributed by atoms with van der Waals surface area (Å²) in [6, 6.07) is 0.336. The van der Waals surface area contributed by atoms with E-state index in [1.54, 1.807) is 11.8 Å². The van der Waals surface area contributed by atoms with Crippen molar-refractivity contribution in [1.29, 1.82) is 0 Å². The van der Waals surface area contributed by atoms with Crippen LogP contribution < -0.4 is 0 Å². The van der Waals surface area contributed by atoms with Gasteiger partial charge in [0.05, 0.1) is 0 Å². The van der Waals surface area contributed by atoms with E-state index in [-0.39, 0.29) is 11.3 Å². The molecule has 0 heterocycles. The molecule has 0 spiro atoms. The van der Waals surface area contributed by atoms with Crippen molar-refractivity contribution < 1.29 is 4.79 Å². The van der Waals surface area contributed by atoms with Crippen LogP contribution in [0.4, 0.5) is 0 Å². The molecule has 0 aromatic carbocycles. The van der Waals surface area contributed by atoms with Gasteiger partial charge in [-0.25, -0.2) is 0 Å². The van der Waals surface area contributed by atoms with E-state index in [4.69, 9.17) is 0 Å². The molecule has 1 saturated carbocycles. The van der Waals surface area contributed by atoms with Crippen LogP contribution in [-0.2, 0) is 4.79 Å². The third-order valence-electron chi connectivity index (χ3n) is 3.28. The van der Waals surface area contributed by atoms with Crippen molar-refractivity contribution in [1.82, 2.24) is 4.90 Å². The fraction of sp³-hybridized carbons (Fsp3) is 0.909. The van der Waals surface area contributed by atoms with Crippen LogP contribution in [0.15, 0.2) is 0 Å². The van der Waals surface area contributed by atoms with E-state index in [9.17, 15) is 4.79 Å². The monoisotopic (exact) mass is 247 g/mol. The minimum atomic E-state index is 0.244. The molecule has 0 aromatic heterocycles. The van der Waals surface area contributed by atoms with Crippen LogP contribution in [0.3, 0.4) is 0 Å². The zero-order valence-corrected chi connectivity index (χ0v) is 11.5. The van der Waals surface area contributed by atoms with Crippen LogP contribution in [0, 0.1) is 5.41 Å². The molecule has 1 aliphatic carbocycles. The SMILES string of the molecule is CSCC(C)N(C)C(=O)CC1(CS)CC1. The second kappa shape index (κ2) is 5.48. The maximum absolute atomic E-state index is 12.0. The molecule has 1 aliphatic rings. The second-order valence-electron chi connectivity index (χ2n) is 4.64. The molecule has 0 bridgehead atoms. The summed E-state index contributed by atoms with van der Waals surface area (Å²) in [5.41, 5.74) is 0.244. The first-order valence-electron chi connectivity index (χ1n) is 5.40. The summed E-state index contributed by atoms with van der Waals surface area (Å²) >= 11 is 6.11. The lowest BCUT2D eigenvalue weighted by atomic mass is 10.0. The molecule has 1 atom stereocenters. The van der Waals surface area contributed by atoms with Crippen molar-refractivity contribution in [2.24, 2.45) is 5.41 Å². The quantitative estimate of drug-likeness (QED) is 0.727. The molecule has 1 unspecified atom stereocenters. The van der Waals surface area contributed by atoms with E-state index >= 15 is 0 Å². The Hall–Kier alpha value is 0.170. The lowest BCUT2D eigenvalue weighted by Crippen LogP contribution is -2.37. The number of amides is 1. The van der Waals surface area contributed by atoms with Gasteiger partial charge in [0, 0.05) is 25.3 Å². The normalized spacial score (nSPS) is 19.7. The minimum Gasteiger partial charge on any atom is -0.342 e. The summed E-state index contributed by atoms with van der Waals surface area (Å²) in [7, 11) is 1.91. The predicted octanol–water partition coefficient (Wildman–Crippen LogP) is 2.30. The topological polar surface area (TPSA) is 20.3 Å². The molecule has 88 valence electrons. The molecule has 1 fully saturated rings. The minimum absolute atomic E-state index is 0.244. The van der Waals surface area contributed by atoms with Crippen LogP contribution in [0.2, 0.25) is 0 Å². The molecule has 1 amide bonds. The van der Waals surface area contributed by atoms with Gasteiger partial charge in [0.25, 0.3) is 0 Å². The maximum atomic E-state index is 12.0. The van der Waals surface area contributed by atoms with Crippen LogP contribution in [0.25, 0.3) is 0 Å². The summed E-state index contributed by atoms with van der Waals surface area (Å²) in [6.07, 6.45) is 5.11. The van der Waals surface area contributed by atoms with E-state index in [0.717, 1.165) is 11.5 Å². The van der Waals surface area contributed by atoms with Gasteiger partial charge in [0.15, 0.2) is 0 Å². The largest absolute Gasteiger partial charge is 0.342 e. The van der Waals surface area contributed by atoms with Gasteiger partial charge in [-0.3, -0.25) is 4.79 Å². The van der Waals surface area contributed by atoms with E-state index in [0.29, 0.717) is 12.5 Å². The Morgan fingerprint density at radius 2 is 2.20 bits per heavy atom. The number of rotatable bonds is 6. The van der Waals surface area contributed by atoms with E-state index in [1.807, 2.05) is 11.9 Å². The van der Waals surface area contributed by atoms with E-state index in [2.05, 4.69) is 25.8 Å². The van der Waals surface area contributed by atoms with E-state index < -0.39 is 0 Å². The second-order valence-corrected chi connectivity index (χ2v) is 5.87. The Labute approximate surface area is 103 Å². The Balaban J connectivity index is 2.39.